The SMILES string of the molecule is CC1OC(Oc2cc(CCCCNC(=O)CN3C(=O)CC[C@H]3COCCOSN(C)O)ccc2COC(N)=O)[C@H](O)[C@@H](O)[C@@H]1O.S. The summed E-state index contributed by atoms with van der Waals surface area (Å²) in [4.78, 5) is 37.6. The summed E-state index contributed by atoms with van der Waals surface area (Å²) in [5.41, 5.74) is 6.41. The predicted molar refractivity (Wildman–Crippen MR) is 169 cm³/mol. The molecule has 0 bridgehead atoms. The van der Waals surface area contributed by atoms with E-state index in [0.29, 0.717) is 44.2 Å². The van der Waals surface area contributed by atoms with Gasteiger partial charge in [-0.2, -0.15) is 13.5 Å². The van der Waals surface area contributed by atoms with E-state index in [0.717, 1.165) is 22.3 Å². The third-order valence-corrected chi connectivity index (χ3v) is 7.80. The Hall–Kier alpha value is -2.39. The first kappa shape index (κ1) is 39.8. The average Bonchev–Trinajstić information content (AvgIpc) is 3.33. The fraction of sp³-hybridized carbons (Fsp3) is 0.679. The van der Waals surface area contributed by atoms with Gasteiger partial charge in [0.1, 0.15) is 42.9 Å². The number of nitrogens with one attached hydrogen (secondary N) is 1. The Morgan fingerprint density at radius 2 is 1.93 bits per heavy atom. The van der Waals surface area contributed by atoms with Gasteiger partial charge in [-0.25, -0.2) is 4.79 Å². The second kappa shape index (κ2) is 20.1. The fourth-order valence-corrected chi connectivity index (χ4v) is 5.17. The van der Waals surface area contributed by atoms with Crippen LogP contribution in [0.5, 0.6) is 5.75 Å². The zero-order valence-corrected chi connectivity index (χ0v) is 27.7. The molecular formula is C28H46N4O12S2. The maximum absolute atomic E-state index is 12.6. The van der Waals surface area contributed by atoms with Crippen LogP contribution >= 0.6 is 25.7 Å². The third kappa shape index (κ3) is 12.7. The lowest BCUT2D eigenvalue weighted by Crippen LogP contribution is -2.58. The van der Waals surface area contributed by atoms with Crippen LogP contribution in [0.15, 0.2) is 18.2 Å². The number of rotatable bonds is 18. The van der Waals surface area contributed by atoms with Crippen LogP contribution in [0.1, 0.15) is 43.7 Å². The van der Waals surface area contributed by atoms with Crippen molar-refractivity contribution in [3.63, 3.8) is 0 Å². The van der Waals surface area contributed by atoms with Crippen molar-refractivity contribution >= 4 is 43.6 Å². The van der Waals surface area contributed by atoms with E-state index in [-0.39, 0.29) is 70.1 Å². The van der Waals surface area contributed by atoms with E-state index in [1.54, 1.807) is 12.1 Å². The highest BCUT2D eigenvalue weighted by Gasteiger charge is 2.43. The molecule has 2 heterocycles. The summed E-state index contributed by atoms with van der Waals surface area (Å²) in [6, 6.07) is 5.02. The Labute approximate surface area is 279 Å². The molecule has 0 saturated carbocycles. The minimum atomic E-state index is -1.52. The molecule has 16 nitrogen and oxygen atoms in total. The third-order valence-electron chi connectivity index (χ3n) is 7.32. The van der Waals surface area contributed by atoms with Crippen molar-refractivity contribution in [2.24, 2.45) is 5.73 Å². The minimum absolute atomic E-state index is 0. The van der Waals surface area contributed by atoms with Crippen LogP contribution in [0.3, 0.4) is 0 Å². The Balaban J connectivity index is 0.00000736. The van der Waals surface area contributed by atoms with E-state index in [2.05, 4.69) is 5.32 Å². The standard InChI is InChI=1S/C28H44N4O12S.H2S/c1-17-24(35)25(36)26(37)27(43-17)44-21-13-18(6-7-19(21)15-41-28(29)38)5-3-4-10-30-22(33)14-32-20(8-9-23(32)34)16-40-11-12-42-45-31(2)39;/h6-7,13,17,20,24-27,35-37,39H,3-5,8-12,14-16H2,1-2H3,(H2,29,38)(H,30,33);1H2/t17?,20-,24+,25-,26+,27?;/m0./s1. The van der Waals surface area contributed by atoms with Gasteiger partial charge in [0, 0.05) is 25.6 Å². The van der Waals surface area contributed by atoms with Crippen LogP contribution in [-0.2, 0) is 41.0 Å². The number of nitrogens with zero attached hydrogens (tertiary/aromatic N) is 2. The Bertz CT molecular complexity index is 1120. The number of amides is 3. The molecule has 1 aromatic carbocycles. The zero-order valence-electron chi connectivity index (χ0n) is 25.9. The molecule has 2 aliphatic rings. The van der Waals surface area contributed by atoms with Crippen molar-refractivity contribution in [1.29, 1.82) is 0 Å². The number of carbonyl (C=O) groups excluding carboxylic acids is 3. The first-order valence-corrected chi connectivity index (χ1v) is 15.4. The molecular weight excluding hydrogens is 648 g/mol. The first-order valence-electron chi connectivity index (χ1n) is 14.7. The molecule has 0 aliphatic carbocycles. The number of aryl methyl sites for hydroxylation is 1. The van der Waals surface area contributed by atoms with Crippen molar-refractivity contribution in [2.45, 2.75) is 82.4 Å². The number of hydrogen-bond donors (Lipinski definition) is 6. The monoisotopic (exact) mass is 694 g/mol. The number of carbonyl (C=O) groups is 3. The molecule has 0 aromatic heterocycles. The predicted octanol–water partition coefficient (Wildman–Crippen LogP) is -0.0517. The van der Waals surface area contributed by atoms with Crippen molar-refractivity contribution in [1.82, 2.24) is 14.7 Å². The van der Waals surface area contributed by atoms with Gasteiger partial charge in [0.2, 0.25) is 18.1 Å². The highest BCUT2D eigenvalue weighted by Crippen LogP contribution is 2.28. The Morgan fingerprint density at radius 1 is 1.17 bits per heavy atom. The van der Waals surface area contributed by atoms with Crippen molar-refractivity contribution in [2.75, 3.05) is 40.0 Å². The highest BCUT2D eigenvalue weighted by atomic mass is 32.2. The van der Waals surface area contributed by atoms with Crippen LogP contribution in [-0.4, -0.2) is 125 Å². The van der Waals surface area contributed by atoms with Gasteiger partial charge in [-0.15, -0.1) is 4.47 Å². The number of likely N-dealkylation sites (tertiary alicyclic amines) is 1. The van der Waals surface area contributed by atoms with E-state index < -0.39 is 36.8 Å². The summed E-state index contributed by atoms with van der Waals surface area (Å²) in [7, 11) is 1.43. The normalized spacial score (nSPS) is 24.5. The van der Waals surface area contributed by atoms with Crippen molar-refractivity contribution in [3.8, 4) is 5.75 Å². The van der Waals surface area contributed by atoms with Crippen molar-refractivity contribution < 1.29 is 58.0 Å². The average molecular weight is 695 g/mol. The van der Waals surface area contributed by atoms with E-state index >= 15 is 0 Å². The highest BCUT2D eigenvalue weighted by molar-refractivity contribution is 7.92. The molecule has 2 aliphatic heterocycles. The fourth-order valence-electron chi connectivity index (χ4n) is 4.87. The molecule has 7 N–H and O–H groups in total. The second-order valence-electron chi connectivity index (χ2n) is 10.8. The number of primary amides is 1. The van der Waals surface area contributed by atoms with E-state index in [1.165, 1.54) is 18.9 Å². The number of nitrogens with two attached hydrogens (primary N) is 1. The Morgan fingerprint density at radius 3 is 2.65 bits per heavy atom. The zero-order chi connectivity index (χ0) is 32.9. The molecule has 3 amide bonds. The minimum Gasteiger partial charge on any atom is -0.462 e. The maximum Gasteiger partial charge on any atom is 0.404 e. The smallest absolute Gasteiger partial charge is 0.404 e. The number of hydroxylamine groups is 1. The number of hydrogen-bond acceptors (Lipinski definition) is 14. The summed E-state index contributed by atoms with van der Waals surface area (Å²) < 4.78 is 27.8. The molecule has 46 heavy (non-hydrogen) atoms. The Kier molecular flexibility index (Phi) is 17.4. The van der Waals surface area contributed by atoms with Gasteiger partial charge in [0.05, 0.1) is 38.5 Å². The first-order chi connectivity index (χ1) is 21.5. The second-order valence-corrected chi connectivity index (χ2v) is 11.7. The lowest BCUT2D eigenvalue weighted by Gasteiger charge is -2.39. The lowest BCUT2D eigenvalue weighted by atomic mass is 10.00. The summed E-state index contributed by atoms with van der Waals surface area (Å²) in [6.07, 6.45) is -4.41. The number of aliphatic hydroxyl groups excluding tert-OH is 3. The van der Waals surface area contributed by atoms with E-state index in [4.69, 9.17) is 34.1 Å². The number of aliphatic hydroxyl groups is 3. The molecule has 2 fully saturated rings. The molecule has 0 spiro atoms. The van der Waals surface area contributed by atoms with Gasteiger partial charge in [0.15, 0.2) is 0 Å². The largest absolute Gasteiger partial charge is 0.462 e. The summed E-state index contributed by atoms with van der Waals surface area (Å²) in [6.45, 7) is 2.53. The van der Waals surface area contributed by atoms with Crippen molar-refractivity contribution in [3.05, 3.63) is 29.3 Å². The van der Waals surface area contributed by atoms with Gasteiger partial charge in [-0.1, -0.05) is 12.1 Å². The van der Waals surface area contributed by atoms with Crippen LogP contribution in [0.25, 0.3) is 0 Å². The van der Waals surface area contributed by atoms with Crippen LogP contribution in [0.4, 0.5) is 4.79 Å². The molecule has 18 heteroatoms. The van der Waals surface area contributed by atoms with Gasteiger partial charge in [-0.3, -0.25) is 13.8 Å². The lowest BCUT2D eigenvalue weighted by molar-refractivity contribution is -0.268. The number of unbranched alkanes of at least 4 members (excludes halogenated alkanes) is 1. The summed E-state index contributed by atoms with van der Waals surface area (Å²) in [5.74, 6) is -0.107. The molecule has 262 valence electrons. The molecule has 3 rings (SSSR count). The van der Waals surface area contributed by atoms with Crippen LogP contribution in [0.2, 0.25) is 0 Å². The van der Waals surface area contributed by atoms with Gasteiger partial charge < -0.3 is 55.4 Å². The van der Waals surface area contributed by atoms with Gasteiger partial charge in [-0.05, 0) is 44.2 Å². The quantitative estimate of drug-likeness (QED) is 0.0513. The van der Waals surface area contributed by atoms with E-state index in [1.807, 2.05) is 6.07 Å². The summed E-state index contributed by atoms with van der Waals surface area (Å²) in [5, 5.41) is 42.3. The van der Waals surface area contributed by atoms with Crippen LogP contribution in [0, 0.1) is 0 Å². The molecule has 2 saturated heterocycles. The molecule has 2 unspecified atom stereocenters. The number of benzene rings is 1. The molecule has 6 atom stereocenters. The number of ether oxygens (including phenoxy) is 4. The molecule has 0 radical (unpaired) electrons. The van der Waals surface area contributed by atoms with E-state index in [9.17, 15) is 29.7 Å². The van der Waals surface area contributed by atoms with Gasteiger partial charge in [0.25, 0.3) is 0 Å². The maximum atomic E-state index is 12.6. The van der Waals surface area contributed by atoms with Gasteiger partial charge >= 0.3 is 6.09 Å². The topological polar surface area (TPSA) is 223 Å². The summed E-state index contributed by atoms with van der Waals surface area (Å²) >= 11 is 0.783. The molecule has 1 aromatic rings. The van der Waals surface area contributed by atoms with Crippen LogP contribution < -0.4 is 15.8 Å².